The van der Waals surface area contributed by atoms with Gasteiger partial charge in [-0.3, -0.25) is 19.9 Å². The summed E-state index contributed by atoms with van der Waals surface area (Å²) in [4.78, 5) is 43.1. The van der Waals surface area contributed by atoms with E-state index in [0.29, 0.717) is 5.57 Å². The van der Waals surface area contributed by atoms with E-state index in [-0.39, 0.29) is 23.8 Å². The van der Waals surface area contributed by atoms with E-state index >= 15 is 0 Å². The predicted molar refractivity (Wildman–Crippen MR) is 131 cm³/mol. The number of carbonyl (C=O) groups excluding carboxylic acids is 3. The van der Waals surface area contributed by atoms with Gasteiger partial charge in [-0.15, -0.1) is 0 Å². The minimum atomic E-state index is -1.60. The Hall–Kier alpha value is -3.28. The third-order valence-electron chi connectivity index (χ3n) is 6.12. The fraction of sp³-hybridized carbons (Fsp3) is 0.520. The van der Waals surface area contributed by atoms with Crippen molar-refractivity contribution in [3.05, 3.63) is 48.8 Å². The van der Waals surface area contributed by atoms with Crippen LogP contribution in [0.5, 0.6) is 5.75 Å². The summed E-state index contributed by atoms with van der Waals surface area (Å²) in [6.45, 7) is 13.8. The molecule has 7 unspecified atom stereocenters. The quantitative estimate of drug-likeness (QED) is 0.175. The topological polar surface area (TPSA) is 170 Å². The van der Waals surface area contributed by atoms with Crippen molar-refractivity contribution < 1.29 is 34.4 Å². The molecule has 2 amide bonds. The highest BCUT2D eigenvalue weighted by molar-refractivity contribution is 5.88. The second-order valence-corrected chi connectivity index (χ2v) is 9.29. The number of aromatic nitrogens is 1. The number of esters is 1. The van der Waals surface area contributed by atoms with E-state index in [1.54, 1.807) is 13.8 Å². The first-order chi connectivity index (χ1) is 16.9. The molecule has 0 spiro atoms. The van der Waals surface area contributed by atoms with E-state index in [4.69, 9.17) is 4.74 Å². The number of aliphatic hydroxyl groups is 2. The number of nitrogens with zero attached hydrogens (tertiary/aromatic N) is 1. The number of pyridine rings is 1. The lowest BCUT2D eigenvalue weighted by atomic mass is 9.91. The molecule has 1 aromatic heterocycles. The van der Waals surface area contributed by atoms with E-state index in [1.807, 2.05) is 0 Å². The highest BCUT2D eigenvalue weighted by atomic mass is 16.5. The molecule has 36 heavy (non-hydrogen) atoms. The lowest BCUT2D eigenvalue weighted by Crippen LogP contribution is -2.60. The molecular formula is C25H36N4O7. The van der Waals surface area contributed by atoms with Crippen molar-refractivity contribution in [2.75, 3.05) is 0 Å². The summed E-state index contributed by atoms with van der Waals surface area (Å²) in [6.07, 6.45) is -1.14. The second kappa shape index (κ2) is 12.6. The molecule has 0 aliphatic carbocycles. The van der Waals surface area contributed by atoms with E-state index in [2.05, 4.69) is 34.1 Å². The van der Waals surface area contributed by atoms with Crippen LogP contribution in [0.3, 0.4) is 0 Å². The number of hydrogen-bond acceptors (Lipinski definition) is 9. The Kier molecular flexibility index (Phi) is 10.1. The van der Waals surface area contributed by atoms with E-state index in [9.17, 15) is 29.7 Å². The number of cyclic esters (lactones) is 1. The normalized spacial score (nSPS) is 28.7. The molecule has 11 heteroatoms. The monoisotopic (exact) mass is 504 g/mol. The van der Waals surface area contributed by atoms with Gasteiger partial charge in [0, 0.05) is 6.20 Å². The van der Waals surface area contributed by atoms with Gasteiger partial charge in [-0.05, 0) is 31.4 Å². The van der Waals surface area contributed by atoms with Crippen molar-refractivity contribution in [1.82, 2.24) is 20.9 Å². The van der Waals surface area contributed by atoms with Gasteiger partial charge in [0.15, 0.2) is 6.23 Å². The minimum Gasteiger partial charge on any atom is -0.506 e. The van der Waals surface area contributed by atoms with Gasteiger partial charge in [0.2, 0.25) is 11.8 Å². The maximum absolute atomic E-state index is 13.4. The van der Waals surface area contributed by atoms with Crippen LogP contribution in [0.2, 0.25) is 0 Å². The van der Waals surface area contributed by atoms with Crippen LogP contribution in [0.25, 0.3) is 0 Å². The van der Waals surface area contributed by atoms with Gasteiger partial charge in [-0.25, -0.2) is 4.79 Å². The summed E-state index contributed by atoms with van der Waals surface area (Å²) < 4.78 is 5.53. The summed E-state index contributed by atoms with van der Waals surface area (Å²) in [7, 11) is 0. The SMILES string of the molecule is C=CC(=C)CC1NC(=O)C(NC(O)c2ncccc2O)C(C)OC(=O)C(C(C)C)NC(=O)C(C)C1O. The maximum atomic E-state index is 13.4. The lowest BCUT2D eigenvalue weighted by molar-refractivity contribution is -0.158. The highest BCUT2D eigenvalue weighted by Crippen LogP contribution is 2.22. The van der Waals surface area contributed by atoms with Gasteiger partial charge >= 0.3 is 5.97 Å². The average molecular weight is 505 g/mol. The zero-order chi connectivity index (χ0) is 27.2. The van der Waals surface area contributed by atoms with Crippen LogP contribution in [-0.4, -0.2) is 68.4 Å². The molecule has 2 heterocycles. The Morgan fingerprint density at radius 3 is 2.50 bits per heavy atom. The van der Waals surface area contributed by atoms with E-state index < -0.39 is 60.3 Å². The molecule has 198 valence electrons. The molecule has 1 aromatic rings. The van der Waals surface area contributed by atoms with Crippen LogP contribution in [0, 0.1) is 11.8 Å². The number of nitrogens with one attached hydrogen (secondary N) is 3. The number of carbonyl (C=O) groups is 3. The number of hydrogen-bond donors (Lipinski definition) is 6. The molecule has 7 atom stereocenters. The van der Waals surface area contributed by atoms with Crippen LogP contribution in [0.15, 0.2) is 43.1 Å². The third-order valence-corrected chi connectivity index (χ3v) is 6.12. The Morgan fingerprint density at radius 1 is 1.25 bits per heavy atom. The van der Waals surface area contributed by atoms with Gasteiger partial charge in [-0.2, -0.15) is 0 Å². The molecule has 1 aliphatic heterocycles. The van der Waals surface area contributed by atoms with Crippen molar-refractivity contribution in [3.8, 4) is 5.75 Å². The fourth-order valence-electron chi connectivity index (χ4n) is 3.80. The number of rotatable bonds is 7. The molecule has 6 N–H and O–H groups in total. The summed E-state index contributed by atoms with van der Waals surface area (Å²) >= 11 is 0. The lowest BCUT2D eigenvalue weighted by Gasteiger charge is -2.34. The van der Waals surface area contributed by atoms with Crippen molar-refractivity contribution in [3.63, 3.8) is 0 Å². The molecule has 0 radical (unpaired) electrons. The van der Waals surface area contributed by atoms with Crippen molar-refractivity contribution >= 4 is 17.8 Å². The number of ether oxygens (including phenoxy) is 1. The molecule has 1 aliphatic rings. The van der Waals surface area contributed by atoms with Gasteiger partial charge in [0.1, 0.15) is 29.6 Å². The summed E-state index contributed by atoms with van der Waals surface area (Å²) in [5.41, 5.74) is 0.383. The zero-order valence-corrected chi connectivity index (χ0v) is 21.0. The Morgan fingerprint density at radius 2 is 1.92 bits per heavy atom. The van der Waals surface area contributed by atoms with Crippen LogP contribution >= 0.6 is 0 Å². The van der Waals surface area contributed by atoms with Crippen LogP contribution < -0.4 is 16.0 Å². The van der Waals surface area contributed by atoms with Crippen molar-refractivity contribution in [2.45, 2.75) is 70.7 Å². The number of aromatic hydroxyl groups is 1. The first kappa shape index (κ1) is 29.0. The van der Waals surface area contributed by atoms with Gasteiger partial charge in [-0.1, -0.05) is 45.6 Å². The molecule has 1 saturated heterocycles. The van der Waals surface area contributed by atoms with E-state index in [1.165, 1.54) is 38.3 Å². The number of allylic oxidation sites excluding steroid dienone is 1. The Labute approximate surface area is 210 Å². The molecule has 2 rings (SSSR count). The summed E-state index contributed by atoms with van der Waals surface area (Å²) in [6, 6.07) is -0.520. The number of aliphatic hydroxyl groups excluding tert-OH is 2. The zero-order valence-electron chi connectivity index (χ0n) is 21.0. The van der Waals surface area contributed by atoms with Crippen LogP contribution in [0.4, 0.5) is 0 Å². The predicted octanol–water partition coefficient (Wildman–Crippen LogP) is 0.436. The fourth-order valence-corrected chi connectivity index (χ4v) is 3.80. The van der Waals surface area contributed by atoms with E-state index in [0.717, 1.165) is 0 Å². The molecule has 0 aromatic carbocycles. The third kappa shape index (κ3) is 7.12. The maximum Gasteiger partial charge on any atom is 0.329 e. The molecule has 0 saturated carbocycles. The van der Waals surface area contributed by atoms with Gasteiger partial charge in [0.05, 0.1) is 18.1 Å². The van der Waals surface area contributed by atoms with Gasteiger partial charge < -0.3 is 30.7 Å². The molecule has 0 bridgehead atoms. The highest BCUT2D eigenvalue weighted by Gasteiger charge is 2.39. The van der Waals surface area contributed by atoms with Crippen LogP contribution in [0.1, 0.15) is 46.0 Å². The largest absolute Gasteiger partial charge is 0.506 e. The summed E-state index contributed by atoms with van der Waals surface area (Å²) in [5, 5.41) is 39.7. The van der Waals surface area contributed by atoms with Gasteiger partial charge in [0.25, 0.3) is 0 Å². The standard InChI is InChI=1S/C25H36N4O7/c1-7-13(4)11-16-21(31)14(5)22(32)28-18(12(2)3)25(35)36-15(6)19(23(33)27-16)29-24(34)20-17(30)9-8-10-26-20/h7-10,12,14-16,18-19,21,24,29-31,34H,1,4,11H2,2-3,5-6H3,(H,27,33)(H,28,32). The molecule has 1 fully saturated rings. The van der Waals surface area contributed by atoms with Crippen LogP contribution in [-0.2, 0) is 19.1 Å². The van der Waals surface area contributed by atoms with Crippen molar-refractivity contribution in [2.24, 2.45) is 11.8 Å². The number of amides is 2. The average Bonchev–Trinajstić information content (AvgIpc) is 2.83. The second-order valence-electron chi connectivity index (χ2n) is 9.29. The summed E-state index contributed by atoms with van der Waals surface area (Å²) in [5.74, 6) is -3.73. The van der Waals surface area contributed by atoms with Crippen molar-refractivity contribution in [1.29, 1.82) is 0 Å². The first-order valence-electron chi connectivity index (χ1n) is 11.7. The Bertz CT molecular complexity index is 983. The first-order valence-corrected chi connectivity index (χ1v) is 11.7. The Balaban J connectivity index is 2.48. The molecule has 11 nitrogen and oxygen atoms in total. The molecular weight excluding hydrogens is 468 g/mol. The minimum absolute atomic E-state index is 0.0894. The smallest absolute Gasteiger partial charge is 0.329 e.